The minimum absolute atomic E-state index is 0.0930. The van der Waals surface area contributed by atoms with Gasteiger partial charge in [-0.3, -0.25) is 4.79 Å². The molecule has 0 bridgehead atoms. The fourth-order valence-electron chi connectivity index (χ4n) is 4.72. The number of carbonyl (C=O) groups excluding carboxylic acids is 1. The van der Waals surface area contributed by atoms with Crippen LogP contribution in [0, 0.1) is 23.7 Å². The van der Waals surface area contributed by atoms with Crippen LogP contribution < -0.4 is 5.73 Å². The van der Waals surface area contributed by atoms with Crippen molar-refractivity contribution in [2.75, 3.05) is 32.5 Å². The normalized spacial score (nSPS) is 29.3. The Balaban J connectivity index is 1.71. The number of hydrogen-bond acceptors (Lipinski definition) is 4. The van der Waals surface area contributed by atoms with Crippen LogP contribution in [0.4, 0.5) is 5.82 Å². The van der Waals surface area contributed by atoms with E-state index < -0.39 is 0 Å². The van der Waals surface area contributed by atoms with Gasteiger partial charge in [-0.1, -0.05) is 13.8 Å². The van der Waals surface area contributed by atoms with Crippen LogP contribution in [0.5, 0.6) is 0 Å². The molecular formula is C16H26N4O2. The zero-order valence-electron chi connectivity index (χ0n) is 13.9. The zero-order valence-corrected chi connectivity index (χ0v) is 13.9. The van der Waals surface area contributed by atoms with E-state index in [1.54, 1.807) is 17.9 Å². The molecule has 3 rings (SSSR count). The maximum absolute atomic E-state index is 12.6. The Morgan fingerprint density at radius 3 is 2.82 bits per heavy atom. The lowest BCUT2D eigenvalue weighted by Crippen LogP contribution is -2.55. The van der Waals surface area contributed by atoms with Gasteiger partial charge in [-0.2, -0.15) is 5.10 Å². The molecule has 1 saturated heterocycles. The Labute approximate surface area is 131 Å². The highest BCUT2D eigenvalue weighted by atomic mass is 16.5. The van der Waals surface area contributed by atoms with E-state index >= 15 is 0 Å². The van der Waals surface area contributed by atoms with Gasteiger partial charge in [0.05, 0.1) is 12.3 Å². The molecule has 0 unspecified atom stereocenters. The minimum atomic E-state index is 0.0930. The van der Waals surface area contributed by atoms with Crippen molar-refractivity contribution >= 4 is 11.7 Å². The van der Waals surface area contributed by atoms with E-state index in [4.69, 9.17) is 10.5 Å². The number of fused-ring (bicyclic) bond motifs is 1. The third-order valence-electron chi connectivity index (χ3n) is 5.40. The summed E-state index contributed by atoms with van der Waals surface area (Å²) in [6.07, 6.45) is 1.12. The number of anilines is 1. The predicted octanol–water partition coefficient (Wildman–Crippen LogP) is 1.29. The zero-order chi connectivity index (χ0) is 16.1. The van der Waals surface area contributed by atoms with Gasteiger partial charge < -0.3 is 15.4 Å². The van der Waals surface area contributed by atoms with Crippen molar-refractivity contribution < 1.29 is 9.53 Å². The summed E-state index contributed by atoms with van der Waals surface area (Å²) < 4.78 is 7.03. The molecule has 2 heterocycles. The molecule has 1 aliphatic carbocycles. The summed E-state index contributed by atoms with van der Waals surface area (Å²) in [5.41, 5.74) is 7.14. The number of aryl methyl sites for hydroxylation is 1. The first-order chi connectivity index (χ1) is 10.3. The molecule has 2 atom stereocenters. The molecule has 122 valence electrons. The first-order valence-corrected chi connectivity index (χ1v) is 7.84. The number of aromatic nitrogens is 2. The van der Waals surface area contributed by atoms with Gasteiger partial charge in [0.1, 0.15) is 12.4 Å². The number of rotatable bonds is 4. The number of likely N-dealkylation sites (tertiary alicyclic amines) is 1. The van der Waals surface area contributed by atoms with Crippen molar-refractivity contribution in [3.05, 3.63) is 11.8 Å². The number of nitrogens with two attached hydrogens (primary N) is 1. The van der Waals surface area contributed by atoms with Gasteiger partial charge in [-0.25, -0.2) is 4.68 Å². The van der Waals surface area contributed by atoms with Crippen LogP contribution in [0.1, 0.15) is 26.0 Å². The SMILES string of the molecule is COC[C@@]12CN(C(=O)Cn3nc(C)cc3N)C[C@@H]1C(C)(C)C2. The molecule has 6 nitrogen and oxygen atoms in total. The first kappa shape index (κ1) is 15.3. The molecule has 6 heteroatoms. The van der Waals surface area contributed by atoms with Gasteiger partial charge in [0.15, 0.2) is 0 Å². The molecule has 0 spiro atoms. The Morgan fingerprint density at radius 2 is 2.27 bits per heavy atom. The topological polar surface area (TPSA) is 73.4 Å². The summed E-state index contributed by atoms with van der Waals surface area (Å²) in [4.78, 5) is 14.6. The van der Waals surface area contributed by atoms with Crippen molar-refractivity contribution in [1.82, 2.24) is 14.7 Å². The quantitative estimate of drug-likeness (QED) is 0.910. The predicted molar refractivity (Wildman–Crippen MR) is 84.2 cm³/mol. The van der Waals surface area contributed by atoms with Crippen molar-refractivity contribution in [2.24, 2.45) is 16.7 Å². The van der Waals surface area contributed by atoms with Crippen LogP contribution >= 0.6 is 0 Å². The lowest BCUT2D eigenvalue weighted by Gasteiger charge is -2.56. The fourth-order valence-corrected chi connectivity index (χ4v) is 4.72. The van der Waals surface area contributed by atoms with E-state index in [0.717, 1.165) is 31.8 Å². The maximum atomic E-state index is 12.6. The van der Waals surface area contributed by atoms with Crippen molar-refractivity contribution in [2.45, 2.75) is 33.7 Å². The Kier molecular flexibility index (Phi) is 3.47. The Bertz CT molecular complexity index is 595. The Hall–Kier alpha value is -1.56. The van der Waals surface area contributed by atoms with Crippen LogP contribution in [0.2, 0.25) is 0 Å². The average Bonchev–Trinajstić information content (AvgIpc) is 2.88. The van der Waals surface area contributed by atoms with E-state index in [-0.39, 0.29) is 23.3 Å². The summed E-state index contributed by atoms with van der Waals surface area (Å²) in [6, 6.07) is 1.79. The molecule has 0 aromatic carbocycles. The molecule has 2 aliphatic rings. The van der Waals surface area contributed by atoms with Crippen LogP contribution in [-0.2, 0) is 16.1 Å². The molecule has 1 amide bonds. The number of amides is 1. The fraction of sp³-hybridized carbons (Fsp3) is 0.750. The molecular weight excluding hydrogens is 280 g/mol. The second-order valence-corrected chi connectivity index (χ2v) is 7.66. The summed E-state index contributed by atoms with van der Waals surface area (Å²) in [5, 5.41) is 4.28. The second-order valence-electron chi connectivity index (χ2n) is 7.66. The largest absolute Gasteiger partial charge is 0.384 e. The highest BCUT2D eigenvalue weighted by Crippen LogP contribution is 2.62. The smallest absolute Gasteiger partial charge is 0.244 e. The molecule has 2 N–H and O–H groups in total. The van der Waals surface area contributed by atoms with E-state index in [2.05, 4.69) is 18.9 Å². The monoisotopic (exact) mass is 306 g/mol. The highest BCUT2D eigenvalue weighted by molar-refractivity contribution is 5.77. The number of ether oxygens (including phenoxy) is 1. The van der Waals surface area contributed by atoms with Crippen molar-refractivity contribution in [1.29, 1.82) is 0 Å². The molecule has 0 radical (unpaired) electrons. The third kappa shape index (κ3) is 2.29. The number of nitrogen functional groups attached to an aromatic ring is 1. The van der Waals surface area contributed by atoms with Crippen LogP contribution in [-0.4, -0.2) is 47.4 Å². The van der Waals surface area contributed by atoms with Gasteiger partial charge in [0, 0.05) is 31.7 Å². The summed E-state index contributed by atoms with van der Waals surface area (Å²) >= 11 is 0. The number of hydrogen-bond donors (Lipinski definition) is 1. The van der Waals surface area contributed by atoms with Crippen molar-refractivity contribution in [3.63, 3.8) is 0 Å². The molecule has 1 aromatic heterocycles. The number of nitrogens with zero attached hydrogens (tertiary/aromatic N) is 3. The molecule has 1 saturated carbocycles. The highest BCUT2D eigenvalue weighted by Gasteiger charge is 2.63. The lowest BCUT2D eigenvalue weighted by molar-refractivity contribution is -0.131. The molecule has 1 aromatic rings. The maximum Gasteiger partial charge on any atom is 0.244 e. The minimum Gasteiger partial charge on any atom is -0.384 e. The van der Waals surface area contributed by atoms with E-state index in [0.29, 0.717) is 11.7 Å². The average molecular weight is 306 g/mol. The second kappa shape index (κ2) is 4.98. The van der Waals surface area contributed by atoms with E-state index in [1.165, 1.54) is 0 Å². The van der Waals surface area contributed by atoms with Gasteiger partial charge >= 0.3 is 0 Å². The lowest BCUT2D eigenvalue weighted by atomic mass is 9.48. The van der Waals surface area contributed by atoms with Gasteiger partial charge in [0.25, 0.3) is 0 Å². The number of carbonyl (C=O) groups is 1. The molecule has 1 aliphatic heterocycles. The van der Waals surface area contributed by atoms with Crippen LogP contribution in [0.25, 0.3) is 0 Å². The summed E-state index contributed by atoms with van der Waals surface area (Å²) in [7, 11) is 1.74. The number of methoxy groups -OCH3 is 1. The van der Waals surface area contributed by atoms with Gasteiger partial charge in [-0.15, -0.1) is 0 Å². The molecule has 2 fully saturated rings. The van der Waals surface area contributed by atoms with Crippen LogP contribution in [0.15, 0.2) is 6.07 Å². The van der Waals surface area contributed by atoms with Crippen LogP contribution in [0.3, 0.4) is 0 Å². The van der Waals surface area contributed by atoms with Crippen molar-refractivity contribution in [3.8, 4) is 0 Å². The van der Waals surface area contributed by atoms with E-state index in [9.17, 15) is 4.79 Å². The first-order valence-electron chi connectivity index (χ1n) is 7.84. The Morgan fingerprint density at radius 1 is 1.55 bits per heavy atom. The van der Waals surface area contributed by atoms with Gasteiger partial charge in [0.2, 0.25) is 5.91 Å². The summed E-state index contributed by atoms with van der Waals surface area (Å²) in [5.74, 6) is 1.15. The third-order valence-corrected chi connectivity index (χ3v) is 5.40. The van der Waals surface area contributed by atoms with E-state index in [1.807, 2.05) is 11.8 Å². The molecule has 22 heavy (non-hydrogen) atoms. The summed E-state index contributed by atoms with van der Waals surface area (Å²) in [6.45, 7) is 9.00. The van der Waals surface area contributed by atoms with Gasteiger partial charge in [-0.05, 0) is 24.7 Å². The standard InChI is InChI=1S/C16H26N4O2/c1-11-5-13(17)20(18-11)7-14(21)19-6-12-15(2,3)8-16(12,9-19)10-22-4/h5,12H,6-10,17H2,1-4H3/t12-,16-/m1/s1.